The summed E-state index contributed by atoms with van der Waals surface area (Å²) in [6.07, 6.45) is 2.07. The van der Waals surface area contributed by atoms with Crippen molar-refractivity contribution < 1.29 is 14.2 Å². The Morgan fingerprint density at radius 1 is 1.38 bits per heavy atom. The molecular weight excluding hydrogens is 309 g/mol. The standard InChI is InChI=1S/C18H24FN3O2/c1-12(2)24-10-15(23)9-22-8-7-16-17(21-11-20-16)18(22)13-3-5-14(19)6-4-13/h3-6,11-12,15,18,23H,7-10H2,1-2H3,(H,20,21). The first-order valence-electron chi connectivity index (χ1n) is 8.36. The van der Waals surface area contributed by atoms with Gasteiger partial charge in [-0.15, -0.1) is 0 Å². The lowest BCUT2D eigenvalue weighted by molar-refractivity contribution is -0.0134. The van der Waals surface area contributed by atoms with Crippen LogP contribution < -0.4 is 0 Å². The predicted octanol–water partition coefficient (Wildman–Crippen LogP) is 2.28. The van der Waals surface area contributed by atoms with E-state index in [9.17, 15) is 9.50 Å². The SMILES string of the molecule is CC(C)OCC(O)CN1CCc2[nH]cnc2C1c1ccc(F)cc1. The van der Waals surface area contributed by atoms with E-state index < -0.39 is 6.10 Å². The first kappa shape index (κ1) is 17.1. The van der Waals surface area contributed by atoms with E-state index in [2.05, 4.69) is 14.9 Å². The van der Waals surface area contributed by atoms with Gasteiger partial charge in [0.1, 0.15) is 5.82 Å². The number of fused-ring (bicyclic) bond motifs is 1. The summed E-state index contributed by atoms with van der Waals surface area (Å²) in [6, 6.07) is 6.41. The summed E-state index contributed by atoms with van der Waals surface area (Å²) < 4.78 is 18.8. The van der Waals surface area contributed by atoms with Crippen molar-refractivity contribution >= 4 is 0 Å². The number of rotatable bonds is 6. The molecule has 0 radical (unpaired) electrons. The molecule has 6 heteroatoms. The van der Waals surface area contributed by atoms with E-state index in [0.29, 0.717) is 13.2 Å². The zero-order valence-corrected chi connectivity index (χ0v) is 14.1. The fraction of sp³-hybridized carbons (Fsp3) is 0.500. The summed E-state index contributed by atoms with van der Waals surface area (Å²) in [5.74, 6) is -0.256. The van der Waals surface area contributed by atoms with E-state index in [4.69, 9.17) is 4.74 Å². The van der Waals surface area contributed by atoms with Crippen LogP contribution in [0.2, 0.25) is 0 Å². The molecule has 0 fully saturated rings. The van der Waals surface area contributed by atoms with Gasteiger partial charge in [0.25, 0.3) is 0 Å². The largest absolute Gasteiger partial charge is 0.389 e. The molecule has 1 aromatic carbocycles. The fourth-order valence-electron chi connectivity index (χ4n) is 3.16. The smallest absolute Gasteiger partial charge is 0.123 e. The van der Waals surface area contributed by atoms with Crippen LogP contribution in [0.4, 0.5) is 4.39 Å². The van der Waals surface area contributed by atoms with Gasteiger partial charge in [-0.2, -0.15) is 0 Å². The van der Waals surface area contributed by atoms with E-state index >= 15 is 0 Å². The van der Waals surface area contributed by atoms with Gasteiger partial charge < -0.3 is 14.8 Å². The number of hydrogen-bond acceptors (Lipinski definition) is 4. The molecule has 5 nitrogen and oxygen atoms in total. The van der Waals surface area contributed by atoms with Crippen LogP contribution in [0.5, 0.6) is 0 Å². The number of aromatic amines is 1. The van der Waals surface area contributed by atoms with Crippen LogP contribution in [0.1, 0.15) is 36.8 Å². The van der Waals surface area contributed by atoms with Crippen molar-refractivity contribution in [1.29, 1.82) is 0 Å². The molecule has 2 N–H and O–H groups in total. The van der Waals surface area contributed by atoms with Gasteiger partial charge in [-0.25, -0.2) is 9.37 Å². The fourth-order valence-corrected chi connectivity index (χ4v) is 3.16. The molecular formula is C18H24FN3O2. The molecule has 2 aromatic rings. The maximum Gasteiger partial charge on any atom is 0.123 e. The maximum atomic E-state index is 13.3. The predicted molar refractivity (Wildman–Crippen MR) is 89.2 cm³/mol. The molecule has 0 saturated carbocycles. The van der Waals surface area contributed by atoms with Crippen LogP contribution in [0.15, 0.2) is 30.6 Å². The van der Waals surface area contributed by atoms with E-state index in [-0.39, 0.29) is 18.0 Å². The number of aromatic nitrogens is 2. The zero-order valence-electron chi connectivity index (χ0n) is 14.1. The van der Waals surface area contributed by atoms with Gasteiger partial charge in [0.15, 0.2) is 0 Å². The monoisotopic (exact) mass is 333 g/mol. The number of halogens is 1. The molecule has 130 valence electrons. The molecule has 24 heavy (non-hydrogen) atoms. The highest BCUT2D eigenvalue weighted by molar-refractivity contribution is 5.32. The number of hydrogen-bond donors (Lipinski definition) is 2. The average Bonchev–Trinajstić information content (AvgIpc) is 3.02. The summed E-state index contributed by atoms with van der Waals surface area (Å²) >= 11 is 0. The Labute approximate surface area is 141 Å². The second-order valence-corrected chi connectivity index (χ2v) is 6.50. The Bertz CT molecular complexity index is 657. The van der Waals surface area contributed by atoms with Crippen molar-refractivity contribution in [2.45, 2.75) is 38.5 Å². The van der Waals surface area contributed by atoms with Crippen molar-refractivity contribution in [3.05, 3.63) is 53.4 Å². The molecule has 3 rings (SSSR count). The summed E-state index contributed by atoms with van der Waals surface area (Å²) in [5, 5.41) is 10.3. The summed E-state index contributed by atoms with van der Waals surface area (Å²) in [4.78, 5) is 9.83. The second kappa shape index (κ2) is 7.42. The first-order chi connectivity index (χ1) is 11.5. The normalized spacial score (nSPS) is 19.5. The van der Waals surface area contributed by atoms with Gasteiger partial charge in [-0.3, -0.25) is 4.90 Å². The molecule has 0 spiro atoms. The molecule has 1 aromatic heterocycles. The number of H-pyrrole nitrogens is 1. The maximum absolute atomic E-state index is 13.3. The highest BCUT2D eigenvalue weighted by Crippen LogP contribution is 2.33. The van der Waals surface area contributed by atoms with Crippen LogP contribution in [0.3, 0.4) is 0 Å². The van der Waals surface area contributed by atoms with E-state index in [1.54, 1.807) is 18.5 Å². The summed E-state index contributed by atoms with van der Waals surface area (Å²) in [5.41, 5.74) is 3.03. The minimum Gasteiger partial charge on any atom is -0.389 e. The Balaban J connectivity index is 1.81. The van der Waals surface area contributed by atoms with Crippen LogP contribution in [0.25, 0.3) is 0 Å². The molecule has 1 aliphatic heterocycles. The molecule has 0 saturated heterocycles. The number of nitrogens with zero attached hydrogens (tertiary/aromatic N) is 2. The summed E-state index contributed by atoms with van der Waals surface area (Å²) in [6.45, 7) is 5.49. The van der Waals surface area contributed by atoms with E-state index in [1.807, 2.05) is 13.8 Å². The third-order valence-electron chi connectivity index (χ3n) is 4.28. The minimum absolute atomic E-state index is 0.0886. The van der Waals surface area contributed by atoms with Crippen molar-refractivity contribution in [3.63, 3.8) is 0 Å². The van der Waals surface area contributed by atoms with Gasteiger partial charge in [0, 0.05) is 25.2 Å². The zero-order chi connectivity index (χ0) is 17.1. The Kier molecular flexibility index (Phi) is 5.28. The number of benzene rings is 1. The molecule has 2 unspecified atom stereocenters. The van der Waals surface area contributed by atoms with Gasteiger partial charge in [-0.05, 0) is 31.5 Å². The number of aliphatic hydroxyl groups excluding tert-OH is 1. The number of imidazole rings is 1. The molecule has 0 bridgehead atoms. The van der Waals surface area contributed by atoms with Crippen molar-refractivity contribution in [1.82, 2.24) is 14.9 Å². The number of ether oxygens (including phenoxy) is 1. The lowest BCUT2D eigenvalue weighted by atomic mass is 9.95. The second-order valence-electron chi connectivity index (χ2n) is 6.50. The first-order valence-corrected chi connectivity index (χ1v) is 8.36. The molecule has 0 aliphatic carbocycles. The quantitative estimate of drug-likeness (QED) is 0.851. The average molecular weight is 333 g/mol. The number of β-amino-alcohol motifs (C(OH)–C–C–N with tert-alkyl or cyclic N) is 1. The van der Waals surface area contributed by atoms with Gasteiger partial charge in [0.2, 0.25) is 0 Å². The number of nitrogens with one attached hydrogen (secondary N) is 1. The van der Waals surface area contributed by atoms with E-state index in [0.717, 1.165) is 29.9 Å². The van der Waals surface area contributed by atoms with Crippen LogP contribution in [-0.4, -0.2) is 51.9 Å². The lowest BCUT2D eigenvalue weighted by Gasteiger charge is -2.36. The molecule has 0 amide bonds. The van der Waals surface area contributed by atoms with Crippen molar-refractivity contribution in [3.8, 4) is 0 Å². The third kappa shape index (κ3) is 3.83. The molecule has 2 atom stereocenters. The van der Waals surface area contributed by atoms with Crippen LogP contribution in [0, 0.1) is 5.82 Å². The lowest BCUT2D eigenvalue weighted by Crippen LogP contribution is -2.42. The number of aliphatic hydroxyl groups is 1. The molecule has 1 aliphatic rings. The third-order valence-corrected chi connectivity index (χ3v) is 4.28. The van der Waals surface area contributed by atoms with Gasteiger partial charge in [0.05, 0.1) is 36.9 Å². The molecule has 2 heterocycles. The van der Waals surface area contributed by atoms with Crippen molar-refractivity contribution in [2.24, 2.45) is 0 Å². The van der Waals surface area contributed by atoms with Crippen LogP contribution in [-0.2, 0) is 11.2 Å². The highest BCUT2D eigenvalue weighted by atomic mass is 19.1. The minimum atomic E-state index is -0.573. The Morgan fingerprint density at radius 3 is 2.83 bits per heavy atom. The topological polar surface area (TPSA) is 61.4 Å². The van der Waals surface area contributed by atoms with Crippen molar-refractivity contribution in [2.75, 3.05) is 19.7 Å². The van der Waals surface area contributed by atoms with Crippen LogP contribution >= 0.6 is 0 Å². The highest BCUT2D eigenvalue weighted by Gasteiger charge is 2.32. The Morgan fingerprint density at radius 2 is 2.12 bits per heavy atom. The summed E-state index contributed by atoms with van der Waals surface area (Å²) in [7, 11) is 0. The van der Waals surface area contributed by atoms with E-state index in [1.165, 1.54) is 12.1 Å². The Hall–Kier alpha value is -1.76. The van der Waals surface area contributed by atoms with Gasteiger partial charge >= 0.3 is 0 Å². The van der Waals surface area contributed by atoms with Gasteiger partial charge in [-0.1, -0.05) is 12.1 Å².